The Bertz CT molecular complexity index is 1020. The van der Waals surface area contributed by atoms with Crippen LogP contribution in [0.2, 0.25) is 5.02 Å². The minimum atomic E-state index is -1.00. The highest BCUT2D eigenvalue weighted by Crippen LogP contribution is 2.32. The first-order valence-electron chi connectivity index (χ1n) is 9.10. The van der Waals surface area contributed by atoms with Gasteiger partial charge in [0, 0.05) is 23.0 Å². The number of hydrogen-bond acceptors (Lipinski definition) is 4. The van der Waals surface area contributed by atoms with E-state index in [1.54, 1.807) is 13.1 Å². The molecule has 7 heteroatoms. The van der Waals surface area contributed by atoms with E-state index >= 15 is 0 Å². The summed E-state index contributed by atoms with van der Waals surface area (Å²) in [4.78, 5) is 30.4. The Morgan fingerprint density at radius 2 is 1.86 bits per heavy atom. The number of carbonyl (C=O) groups excluding carboxylic acids is 1. The Hall–Kier alpha value is -2.70. The largest absolute Gasteiger partial charge is 0.481 e. The van der Waals surface area contributed by atoms with Crippen molar-refractivity contribution in [1.82, 2.24) is 4.98 Å². The minimum absolute atomic E-state index is 0.236. The van der Waals surface area contributed by atoms with Crippen molar-refractivity contribution in [3.8, 4) is 11.3 Å². The summed E-state index contributed by atoms with van der Waals surface area (Å²) in [5.74, 6) is -1.94. The van der Waals surface area contributed by atoms with Crippen LogP contribution in [0.25, 0.3) is 11.3 Å². The van der Waals surface area contributed by atoms with Crippen molar-refractivity contribution in [3.63, 3.8) is 0 Å². The number of anilines is 1. The van der Waals surface area contributed by atoms with Crippen molar-refractivity contribution in [2.75, 3.05) is 11.9 Å². The lowest BCUT2D eigenvalue weighted by molar-refractivity contribution is -0.140. The van der Waals surface area contributed by atoms with E-state index in [-0.39, 0.29) is 12.3 Å². The zero-order chi connectivity index (χ0) is 21.0. The Morgan fingerprint density at radius 3 is 2.52 bits per heavy atom. The Balaban J connectivity index is 1.81. The van der Waals surface area contributed by atoms with Gasteiger partial charge in [0.05, 0.1) is 18.0 Å². The second kappa shape index (κ2) is 9.20. The second-order valence-corrected chi connectivity index (χ2v) is 8.12. The van der Waals surface area contributed by atoms with E-state index in [4.69, 9.17) is 11.6 Å². The van der Waals surface area contributed by atoms with Gasteiger partial charge >= 0.3 is 5.97 Å². The number of carboxylic acids is 1. The van der Waals surface area contributed by atoms with E-state index in [2.05, 4.69) is 4.98 Å². The number of thiazole rings is 1. The van der Waals surface area contributed by atoms with Crippen LogP contribution in [-0.4, -0.2) is 29.0 Å². The molecule has 2 aromatic carbocycles. The summed E-state index contributed by atoms with van der Waals surface area (Å²) in [7, 11) is 1.63. The van der Waals surface area contributed by atoms with Crippen molar-refractivity contribution < 1.29 is 14.7 Å². The molecule has 1 atom stereocenters. The molecule has 1 unspecified atom stereocenters. The number of rotatable bonds is 7. The first-order valence-corrected chi connectivity index (χ1v) is 10.4. The lowest BCUT2D eigenvalue weighted by Crippen LogP contribution is -2.35. The molecule has 1 aromatic heterocycles. The first kappa shape index (κ1) is 21.0. The predicted molar refractivity (Wildman–Crippen MR) is 117 cm³/mol. The third-order valence-electron chi connectivity index (χ3n) is 4.63. The number of aromatic nitrogens is 1. The quantitative estimate of drug-likeness (QED) is 0.570. The van der Waals surface area contributed by atoms with Crippen molar-refractivity contribution in [2.24, 2.45) is 5.92 Å². The van der Waals surface area contributed by atoms with Crippen LogP contribution < -0.4 is 4.90 Å². The highest BCUT2D eigenvalue weighted by molar-refractivity contribution is 7.14. The van der Waals surface area contributed by atoms with Crippen molar-refractivity contribution >= 4 is 39.9 Å². The van der Waals surface area contributed by atoms with Gasteiger partial charge in [-0.15, -0.1) is 11.3 Å². The maximum Gasteiger partial charge on any atom is 0.304 e. The lowest BCUT2D eigenvalue weighted by atomic mass is 9.94. The number of amides is 1. The van der Waals surface area contributed by atoms with Gasteiger partial charge < -0.3 is 5.11 Å². The molecule has 150 valence electrons. The SMILES string of the molecule is Cc1ccc(CC(CC(=O)O)C(=O)N(C)c2nc(-c3ccccc3Cl)cs2)cc1. The zero-order valence-corrected chi connectivity index (χ0v) is 17.7. The molecule has 0 saturated carbocycles. The molecule has 1 amide bonds. The summed E-state index contributed by atoms with van der Waals surface area (Å²) in [6.07, 6.45) is 0.123. The van der Waals surface area contributed by atoms with Crippen molar-refractivity contribution in [2.45, 2.75) is 19.8 Å². The molecule has 0 bridgehead atoms. The minimum Gasteiger partial charge on any atom is -0.481 e. The Morgan fingerprint density at radius 1 is 1.17 bits per heavy atom. The normalized spacial score (nSPS) is 11.8. The Kier molecular flexibility index (Phi) is 6.67. The number of hydrogen-bond donors (Lipinski definition) is 1. The van der Waals surface area contributed by atoms with E-state index in [0.717, 1.165) is 16.7 Å². The fourth-order valence-corrected chi connectivity index (χ4v) is 4.07. The zero-order valence-electron chi connectivity index (χ0n) is 16.1. The number of aryl methyl sites for hydroxylation is 1. The van der Waals surface area contributed by atoms with Gasteiger partial charge in [-0.05, 0) is 25.0 Å². The van der Waals surface area contributed by atoms with E-state index in [0.29, 0.717) is 22.3 Å². The summed E-state index contributed by atoms with van der Waals surface area (Å²) in [5, 5.41) is 12.2. The smallest absolute Gasteiger partial charge is 0.304 e. The summed E-state index contributed by atoms with van der Waals surface area (Å²) in [5.41, 5.74) is 3.52. The van der Waals surface area contributed by atoms with Crippen LogP contribution in [0.4, 0.5) is 5.13 Å². The van der Waals surface area contributed by atoms with Crippen LogP contribution in [-0.2, 0) is 16.0 Å². The van der Waals surface area contributed by atoms with E-state index in [1.807, 2.05) is 54.8 Å². The second-order valence-electron chi connectivity index (χ2n) is 6.88. The lowest BCUT2D eigenvalue weighted by Gasteiger charge is -2.21. The number of carboxylic acid groups (broad SMARTS) is 1. The molecule has 1 N–H and O–H groups in total. The van der Waals surface area contributed by atoms with Crippen LogP contribution in [0.3, 0.4) is 0 Å². The van der Waals surface area contributed by atoms with E-state index in [9.17, 15) is 14.7 Å². The van der Waals surface area contributed by atoms with Gasteiger partial charge in [0.1, 0.15) is 0 Å². The highest BCUT2D eigenvalue weighted by Gasteiger charge is 2.27. The summed E-state index contributed by atoms with van der Waals surface area (Å²) >= 11 is 7.56. The molecule has 0 spiro atoms. The molecule has 0 aliphatic heterocycles. The number of benzene rings is 2. The molecular formula is C22H21ClN2O3S. The summed E-state index contributed by atoms with van der Waals surface area (Å²) < 4.78 is 0. The van der Waals surface area contributed by atoms with Crippen LogP contribution in [0.5, 0.6) is 0 Å². The van der Waals surface area contributed by atoms with Crippen LogP contribution in [0.15, 0.2) is 53.9 Å². The predicted octanol–water partition coefficient (Wildman–Crippen LogP) is 5.07. The van der Waals surface area contributed by atoms with Gasteiger partial charge in [-0.2, -0.15) is 0 Å². The van der Waals surface area contributed by atoms with E-state index < -0.39 is 11.9 Å². The molecule has 1 heterocycles. The molecule has 3 rings (SSSR count). The molecule has 0 fully saturated rings. The number of nitrogens with zero attached hydrogens (tertiary/aromatic N) is 2. The first-order chi connectivity index (χ1) is 13.8. The molecule has 0 aliphatic rings. The van der Waals surface area contributed by atoms with Crippen molar-refractivity contribution in [1.29, 1.82) is 0 Å². The van der Waals surface area contributed by atoms with Crippen molar-refractivity contribution in [3.05, 3.63) is 70.1 Å². The maximum atomic E-state index is 13.1. The average molecular weight is 429 g/mol. The fourth-order valence-electron chi connectivity index (χ4n) is 3.05. The standard InChI is InChI=1S/C22H21ClN2O3S/c1-14-7-9-15(10-8-14)11-16(12-20(26)27)21(28)25(2)22-24-19(13-29-22)17-5-3-4-6-18(17)23/h3-10,13,16H,11-12H2,1-2H3,(H,26,27). The molecule has 5 nitrogen and oxygen atoms in total. The summed E-state index contributed by atoms with van der Waals surface area (Å²) in [6, 6.07) is 15.1. The highest BCUT2D eigenvalue weighted by atomic mass is 35.5. The third-order valence-corrected chi connectivity index (χ3v) is 5.88. The van der Waals surface area contributed by atoms with Gasteiger partial charge in [0.15, 0.2) is 5.13 Å². The van der Waals surface area contributed by atoms with Gasteiger partial charge in [0.25, 0.3) is 0 Å². The summed E-state index contributed by atoms with van der Waals surface area (Å²) in [6.45, 7) is 1.98. The third kappa shape index (κ3) is 5.22. The number of aliphatic carboxylic acids is 1. The maximum absolute atomic E-state index is 13.1. The number of carbonyl (C=O) groups is 2. The van der Waals surface area contributed by atoms with Gasteiger partial charge in [-0.1, -0.05) is 59.6 Å². The number of halogens is 1. The topological polar surface area (TPSA) is 70.5 Å². The molecule has 0 aliphatic carbocycles. The van der Waals surface area contributed by atoms with Gasteiger partial charge in [-0.25, -0.2) is 4.98 Å². The fraction of sp³-hybridized carbons (Fsp3) is 0.227. The average Bonchev–Trinajstić information content (AvgIpc) is 3.18. The molecule has 29 heavy (non-hydrogen) atoms. The molecule has 0 radical (unpaired) electrons. The molecule has 0 saturated heterocycles. The molecule has 3 aromatic rings. The van der Waals surface area contributed by atoms with E-state index in [1.165, 1.54) is 16.2 Å². The van der Waals surface area contributed by atoms with Crippen LogP contribution in [0.1, 0.15) is 17.5 Å². The van der Waals surface area contributed by atoms with Gasteiger partial charge in [-0.3, -0.25) is 14.5 Å². The molecular weight excluding hydrogens is 408 g/mol. The Labute approximate surface area is 178 Å². The van der Waals surface area contributed by atoms with Crippen LogP contribution in [0, 0.1) is 12.8 Å². The monoisotopic (exact) mass is 428 g/mol. The van der Waals surface area contributed by atoms with Gasteiger partial charge in [0.2, 0.25) is 5.91 Å². The van der Waals surface area contributed by atoms with Crippen LogP contribution >= 0.6 is 22.9 Å².